The third-order valence-corrected chi connectivity index (χ3v) is 4.75. The van der Waals surface area contributed by atoms with Crippen LogP contribution in [0.2, 0.25) is 5.02 Å². The number of halogens is 1. The first-order chi connectivity index (χ1) is 13.6. The molecule has 2 aromatic rings. The number of carbonyl (C=O) groups excluding carboxylic acids is 1. The summed E-state index contributed by atoms with van der Waals surface area (Å²) in [6.07, 6.45) is 7.02. The van der Waals surface area contributed by atoms with Crippen molar-refractivity contribution in [3.63, 3.8) is 0 Å². The number of nitrogens with zero attached hydrogens (tertiary/aromatic N) is 1. The van der Waals surface area contributed by atoms with Gasteiger partial charge in [0, 0.05) is 5.02 Å². The highest BCUT2D eigenvalue weighted by Crippen LogP contribution is 2.32. The van der Waals surface area contributed by atoms with E-state index in [4.69, 9.17) is 27.5 Å². The Labute approximate surface area is 172 Å². The maximum atomic E-state index is 12.3. The van der Waals surface area contributed by atoms with Crippen LogP contribution in [0.15, 0.2) is 52.4 Å². The van der Waals surface area contributed by atoms with Gasteiger partial charge in [0.25, 0.3) is 5.91 Å². The maximum absolute atomic E-state index is 12.3. The third-order valence-electron chi connectivity index (χ3n) is 3.58. The quantitative estimate of drug-likeness (QED) is 0.554. The fraction of sp³-hybridized carbons (Fsp3) is 0.143. The number of rotatable bonds is 6. The van der Waals surface area contributed by atoms with Crippen molar-refractivity contribution in [2.75, 3.05) is 13.2 Å². The van der Waals surface area contributed by atoms with Crippen LogP contribution < -0.4 is 14.8 Å². The van der Waals surface area contributed by atoms with Gasteiger partial charge in [0.1, 0.15) is 6.61 Å². The summed E-state index contributed by atoms with van der Waals surface area (Å²) in [6, 6.07) is 12.5. The second kappa shape index (κ2) is 9.36. The summed E-state index contributed by atoms with van der Waals surface area (Å²) in [5.74, 6) is 3.36. The van der Waals surface area contributed by atoms with E-state index in [1.54, 1.807) is 36.4 Å². The van der Waals surface area contributed by atoms with Gasteiger partial charge in [-0.2, -0.15) is 0 Å². The number of ether oxygens (including phenoxy) is 2. The predicted octanol–water partition coefficient (Wildman–Crippen LogP) is 4.64. The molecule has 1 amide bonds. The molecule has 1 N–H and O–H groups in total. The second-order valence-electron chi connectivity index (χ2n) is 5.59. The Hall–Kier alpha value is -2.88. The highest BCUT2D eigenvalue weighted by Gasteiger charge is 2.24. The molecule has 1 heterocycles. The molecule has 0 spiro atoms. The SMILES string of the molecule is C#CCOc1ccc(/C=C2\SC(=Nc3ccc(Cl)cc3)NC2=O)cc1OCC. The van der Waals surface area contributed by atoms with Crippen LogP contribution in [-0.2, 0) is 4.79 Å². The van der Waals surface area contributed by atoms with E-state index in [0.717, 1.165) is 5.56 Å². The highest BCUT2D eigenvalue weighted by atomic mass is 35.5. The van der Waals surface area contributed by atoms with Crippen LogP contribution in [0.1, 0.15) is 12.5 Å². The van der Waals surface area contributed by atoms with Gasteiger partial charge in [-0.1, -0.05) is 23.6 Å². The van der Waals surface area contributed by atoms with E-state index < -0.39 is 0 Å². The minimum atomic E-state index is -0.205. The van der Waals surface area contributed by atoms with Crippen molar-refractivity contribution < 1.29 is 14.3 Å². The minimum Gasteiger partial charge on any atom is -0.490 e. The Balaban J connectivity index is 1.81. The largest absolute Gasteiger partial charge is 0.490 e. The molecule has 0 unspecified atom stereocenters. The van der Waals surface area contributed by atoms with Crippen molar-refractivity contribution in [3.8, 4) is 23.8 Å². The Morgan fingerprint density at radius 2 is 2.00 bits per heavy atom. The molecular weight excluding hydrogens is 396 g/mol. The van der Waals surface area contributed by atoms with Crippen LogP contribution in [0.4, 0.5) is 5.69 Å². The number of thioether (sulfide) groups is 1. The first-order valence-electron chi connectivity index (χ1n) is 8.47. The summed E-state index contributed by atoms with van der Waals surface area (Å²) in [5.41, 5.74) is 1.52. The smallest absolute Gasteiger partial charge is 0.264 e. The van der Waals surface area contributed by atoms with E-state index in [1.165, 1.54) is 11.8 Å². The molecule has 142 valence electrons. The van der Waals surface area contributed by atoms with E-state index in [-0.39, 0.29) is 12.5 Å². The van der Waals surface area contributed by atoms with Gasteiger partial charge in [-0.15, -0.1) is 6.42 Å². The standard InChI is InChI=1S/C21H17ClN2O3S/c1-3-11-27-17-10-5-14(12-18(17)26-4-2)13-19-20(25)24-21(28-19)23-16-8-6-15(22)7-9-16/h1,5-10,12-13H,4,11H2,2H3,(H,23,24,25)/b19-13-. The molecule has 1 fully saturated rings. The van der Waals surface area contributed by atoms with E-state index in [1.807, 2.05) is 19.1 Å². The van der Waals surface area contributed by atoms with Gasteiger partial charge in [-0.3, -0.25) is 4.79 Å². The molecule has 0 aromatic heterocycles. The van der Waals surface area contributed by atoms with Crippen molar-refractivity contribution in [3.05, 3.63) is 58.0 Å². The lowest BCUT2D eigenvalue weighted by atomic mass is 10.2. The normalized spacial score (nSPS) is 16.1. The van der Waals surface area contributed by atoms with E-state index >= 15 is 0 Å². The molecule has 1 aliphatic rings. The molecule has 0 saturated carbocycles. The Morgan fingerprint density at radius 3 is 2.71 bits per heavy atom. The summed E-state index contributed by atoms with van der Waals surface area (Å²) in [5, 5.41) is 3.90. The van der Waals surface area contributed by atoms with E-state index in [2.05, 4.69) is 16.2 Å². The van der Waals surface area contributed by atoms with Gasteiger partial charge >= 0.3 is 0 Å². The molecule has 1 saturated heterocycles. The number of amides is 1. The Kier molecular flexibility index (Phi) is 6.64. The number of hydrogen-bond donors (Lipinski definition) is 1. The molecule has 0 atom stereocenters. The van der Waals surface area contributed by atoms with Gasteiger partial charge in [-0.05, 0) is 66.7 Å². The minimum absolute atomic E-state index is 0.156. The number of terminal acetylenes is 1. The van der Waals surface area contributed by atoms with Crippen LogP contribution in [0.3, 0.4) is 0 Å². The molecule has 7 heteroatoms. The zero-order chi connectivity index (χ0) is 19.9. The Bertz CT molecular complexity index is 978. The van der Waals surface area contributed by atoms with Gasteiger partial charge in [0.15, 0.2) is 16.7 Å². The maximum Gasteiger partial charge on any atom is 0.264 e. The average Bonchev–Trinajstić information content (AvgIpc) is 3.02. The number of carbonyl (C=O) groups is 1. The molecule has 2 aromatic carbocycles. The lowest BCUT2D eigenvalue weighted by molar-refractivity contribution is -0.115. The highest BCUT2D eigenvalue weighted by molar-refractivity contribution is 8.18. The summed E-state index contributed by atoms with van der Waals surface area (Å²) in [4.78, 5) is 17.2. The molecule has 0 aliphatic carbocycles. The van der Waals surface area contributed by atoms with Crippen molar-refractivity contribution in [1.29, 1.82) is 0 Å². The van der Waals surface area contributed by atoms with Crippen molar-refractivity contribution in [1.82, 2.24) is 5.32 Å². The monoisotopic (exact) mass is 412 g/mol. The number of aliphatic imine (C=N–C) groups is 1. The van der Waals surface area contributed by atoms with Crippen molar-refractivity contribution in [2.45, 2.75) is 6.92 Å². The summed E-state index contributed by atoms with van der Waals surface area (Å²) >= 11 is 7.15. The zero-order valence-corrected chi connectivity index (χ0v) is 16.6. The van der Waals surface area contributed by atoms with Crippen LogP contribution in [-0.4, -0.2) is 24.3 Å². The van der Waals surface area contributed by atoms with Crippen molar-refractivity contribution in [2.24, 2.45) is 4.99 Å². The zero-order valence-electron chi connectivity index (χ0n) is 15.1. The fourth-order valence-corrected chi connectivity index (χ4v) is 3.35. The lowest BCUT2D eigenvalue weighted by Crippen LogP contribution is -2.19. The van der Waals surface area contributed by atoms with Crippen molar-refractivity contribution >= 4 is 46.2 Å². The average molecular weight is 413 g/mol. The Morgan fingerprint density at radius 1 is 1.21 bits per heavy atom. The van der Waals surface area contributed by atoms with Gasteiger partial charge in [-0.25, -0.2) is 4.99 Å². The van der Waals surface area contributed by atoms with Crippen LogP contribution in [0, 0.1) is 12.3 Å². The number of hydrogen-bond acceptors (Lipinski definition) is 5. The number of nitrogens with one attached hydrogen (secondary N) is 1. The fourth-order valence-electron chi connectivity index (χ4n) is 2.39. The van der Waals surface area contributed by atoms with E-state index in [9.17, 15) is 4.79 Å². The molecule has 1 aliphatic heterocycles. The summed E-state index contributed by atoms with van der Waals surface area (Å²) in [7, 11) is 0. The van der Waals surface area contributed by atoms with Gasteiger partial charge in [0.05, 0.1) is 17.2 Å². The van der Waals surface area contributed by atoms with Crippen LogP contribution >= 0.6 is 23.4 Å². The van der Waals surface area contributed by atoms with Crippen LogP contribution in [0.25, 0.3) is 6.08 Å². The van der Waals surface area contributed by atoms with E-state index in [0.29, 0.717) is 38.9 Å². The van der Waals surface area contributed by atoms with Gasteiger partial charge < -0.3 is 14.8 Å². The molecule has 0 bridgehead atoms. The first kappa shape index (κ1) is 19.9. The summed E-state index contributed by atoms with van der Waals surface area (Å²) in [6.45, 7) is 2.53. The second-order valence-corrected chi connectivity index (χ2v) is 7.06. The topological polar surface area (TPSA) is 59.9 Å². The summed E-state index contributed by atoms with van der Waals surface area (Å²) < 4.78 is 11.1. The molecular formula is C21H17ClN2O3S. The van der Waals surface area contributed by atoms with Gasteiger partial charge in [0.2, 0.25) is 0 Å². The molecule has 28 heavy (non-hydrogen) atoms. The first-order valence-corrected chi connectivity index (χ1v) is 9.66. The van der Waals surface area contributed by atoms with Crippen LogP contribution in [0.5, 0.6) is 11.5 Å². The molecule has 0 radical (unpaired) electrons. The number of amidine groups is 1. The third kappa shape index (κ3) is 5.10. The lowest BCUT2D eigenvalue weighted by Gasteiger charge is -2.11. The molecule has 5 nitrogen and oxygen atoms in total. The number of benzene rings is 2. The molecule has 3 rings (SSSR count). The predicted molar refractivity (Wildman–Crippen MR) is 114 cm³/mol.